The van der Waals surface area contributed by atoms with Crippen molar-refractivity contribution in [2.75, 3.05) is 19.3 Å². The van der Waals surface area contributed by atoms with Gasteiger partial charge in [0.15, 0.2) is 5.11 Å². The van der Waals surface area contributed by atoms with E-state index in [0.717, 1.165) is 23.7 Å². The first-order valence-electron chi connectivity index (χ1n) is 4.67. The van der Waals surface area contributed by atoms with Crippen molar-refractivity contribution in [3.63, 3.8) is 0 Å². The molecule has 0 aliphatic rings. The van der Waals surface area contributed by atoms with E-state index < -0.39 is 0 Å². The summed E-state index contributed by atoms with van der Waals surface area (Å²) >= 11 is 8.39. The summed E-state index contributed by atoms with van der Waals surface area (Å²) in [5.74, 6) is 2.09. The smallest absolute Gasteiger partial charge is 0.166 e. The summed E-state index contributed by atoms with van der Waals surface area (Å²) in [6.45, 7) is 2.96. The van der Waals surface area contributed by atoms with Gasteiger partial charge in [-0.15, -0.1) is 0 Å². The fourth-order valence-electron chi connectivity index (χ4n) is 0.959. The van der Waals surface area contributed by atoms with Gasteiger partial charge in [-0.3, -0.25) is 0 Å². The molecule has 0 spiro atoms. The van der Waals surface area contributed by atoms with Crippen molar-refractivity contribution in [1.82, 2.24) is 15.0 Å². The topological polar surface area (TPSA) is 37.0 Å². The largest absolute Gasteiger partial charge is 0.366 e. The van der Waals surface area contributed by atoms with Crippen molar-refractivity contribution < 1.29 is 0 Å². The first kappa shape index (κ1) is 12.7. The zero-order valence-corrected chi connectivity index (χ0v) is 11.3. The van der Waals surface area contributed by atoms with Gasteiger partial charge in [0.25, 0.3) is 0 Å². The molecule has 0 aromatic carbocycles. The van der Waals surface area contributed by atoms with Gasteiger partial charge in [0.1, 0.15) is 0 Å². The van der Waals surface area contributed by atoms with Gasteiger partial charge < -0.3 is 10.6 Å². The van der Waals surface area contributed by atoms with Crippen molar-refractivity contribution in [2.24, 2.45) is 0 Å². The number of aromatic nitrogens is 1. The third kappa shape index (κ3) is 4.81. The van der Waals surface area contributed by atoms with E-state index in [-0.39, 0.29) is 0 Å². The fourth-order valence-corrected chi connectivity index (χ4v) is 2.78. The third-order valence-corrected chi connectivity index (χ3v) is 3.99. The molecule has 15 heavy (non-hydrogen) atoms. The molecule has 0 saturated carbocycles. The molecule has 84 valence electrons. The molecule has 0 aliphatic heterocycles. The quantitative estimate of drug-likeness (QED) is 0.624. The Labute approximate surface area is 104 Å². The maximum atomic E-state index is 4.97. The van der Waals surface area contributed by atoms with Crippen molar-refractivity contribution in [1.29, 1.82) is 0 Å². The summed E-state index contributed by atoms with van der Waals surface area (Å²) in [7, 11) is 1.82. The normalized spacial score (nSPS) is 10.0. The SMILES string of the molecule is CNC(=S)NCCSCc1csnc1C. The molecule has 1 rings (SSSR count). The number of hydrogen-bond acceptors (Lipinski definition) is 4. The van der Waals surface area contributed by atoms with Crippen LogP contribution in [0.3, 0.4) is 0 Å². The Hall–Kier alpha value is -0.330. The summed E-state index contributed by atoms with van der Waals surface area (Å²) < 4.78 is 4.24. The Morgan fingerprint density at radius 3 is 3.07 bits per heavy atom. The molecule has 1 aromatic heterocycles. The molecule has 0 fully saturated rings. The molecule has 2 N–H and O–H groups in total. The standard InChI is InChI=1S/C9H15N3S3/c1-7-8(6-15-12-7)5-14-4-3-11-9(13)10-2/h6H,3-5H2,1-2H3,(H2,10,11,13). The highest BCUT2D eigenvalue weighted by molar-refractivity contribution is 7.98. The first-order valence-corrected chi connectivity index (χ1v) is 7.07. The van der Waals surface area contributed by atoms with Gasteiger partial charge >= 0.3 is 0 Å². The molecular weight excluding hydrogens is 246 g/mol. The highest BCUT2D eigenvalue weighted by Gasteiger charge is 2.00. The maximum Gasteiger partial charge on any atom is 0.166 e. The van der Waals surface area contributed by atoms with Crippen LogP contribution in [-0.4, -0.2) is 28.8 Å². The molecule has 0 bridgehead atoms. The summed E-state index contributed by atoms with van der Waals surface area (Å²) in [6.07, 6.45) is 0. The molecule has 1 aromatic rings. The average Bonchev–Trinajstić information content (AvgIpc) is 2.63. The van der Waals surface area contributed by atoms with Crippen LogP contribution in [0.2, 0.25) is 0 Å². The molecule has 6 heteroatoms. The van der Waals surface area contributed by atoms with Crippen molar-refractivity contribution in [3.8, 4) is 0 Å². The Balaban J connectivity index is 2.07. The fraction of sp³-hybridized carbons (Fsp3) is 0.556. The van der Waals surface area contributed by atoms with E-state index in [9.17, 15) is 0 Å². The predicted molar refractivity (Wildman–Crippen MR) is 72.7 cm³/mol. The molecule has 0 amide bonds. The molecule has 0 radical (unpaired) electrons. The zero-order valence-electron chi connectivity index (χ0n) is 8.87. The first-order chi connectivity index (χ1) is 7.24. The van der Waals surface area contributed by atoms with Crippen LogP contribution in [-0.2, 0) is 5.75 Å². The lowest BCUT2D eigenvalue weighted by Crippen LogP contribution is -2.33. The molecule has 3 nitrogen and oxygen atoms in total. The monoisotopic (exact) mass is 261 g/mol. The molecule has 0 saturated heterocycles. The van der Waals surface area contributed by atoms with Gasteiger partial charge in [-0.05, 0) is 36.2 Å². The number of nitrogens with one attached hydrogen (secondary N) is 2. The predicted octanol–water partition coefficient (Wildman–Crippen LogP) is 1.78. The van der Waals surface area contributed by atoms with Crippen LogP contribution >= 0.6 is 35.5 Å². The summed E-state index contributed by atoms with van der Waals surface area (Å²) in [6, 6.07) is 0. The van der Waals surface area contributed by atoms with E-state index in [1.54, 1.807) is 0 Å². The van der Waals surface area contributed by atoms with Crippen molar-refractivity contribution in [3.05, 3.63) is 16.6 Å². The number of thioether (sulfide) groups is 1. The van der Waals surface area contributed by atoms with Gasteiger partial charge in [-0.25, -0.2) is 0 Å². The molecule has 1 heterocycles. The van der Waals surface area contributed by atoms with Gasteiger partial charge in [0, 0.05) is 30.5 Å². The minimum absolute atomic E-state index is 0.712. The van der Waals surface area contributed by atoms with Crippen LogP contribution in [0, 0.1) is 6.92 Å². The number of hydrogen-bond donors (Lipinski definition) is 2. The summed E-state index contributed by atoms with van der Waals surface area (Å²) in [4.78, 5) is 0. The molecule has 0 atom stereocenters. The highest BCUT2D eigenvalue weighted by Crippen LogP contribution is 2.16. The number of thiocarbonyl (C=S) groups is 1. The minimum Gasteiger partial charge on any atom is -0.366 e. The van der Waals surface area contributed by atoms with Crippen molar-refractivity contribution in [2.45, 2.75) is 12.7 Å². The van der Waals surface area contributed by atoms with Crippen LogP contribution in [0.5, 0.6) is 0 Å². The van der Waals surface area contributed by atoms with Crippen LogP contribution in [0.4, 0.5) is 0 Å². The van der Waals surface area contributed by atoms with Gasteiger partial charge in [0.05, 0.1) is 5.69 Å². The number of aryl methyl sites for hydroxylation is 1. The van der Waals surface area contributed by atoms with Crippen LogP contribution in [0.15, 0.2) is 5.38 Å². The maximum absolute atomic E-state index is 4.97. The van der Waals surface area contributed by atoms with E-state index in [0.29, 0.717) is 5.11 Å². The van der Waals surface area contributed by atoms with Crippen LogP contribution < -0.4 is 10.6 Å². The lowest BCUT2D eigenvalue weighted by molar-refractivity contribution is 0.943. The lowest BCUT2D eigenvalue weighted by Gasteiger charge is -2.06. The minimum atomic E-state index is 0.712. The van der Waals surface area contributed by atoms with E-state index in [1.165, 1.54) is 17.1 Å². The zero-order chi connectivity index (χ0) is 11.1. The summed E-state index contributed by atoms with van der Waals surface area (Å²) in [5, 5.41) is 8.83. The lowest BCUT2D eigenvalue weighted by atomic mass is 10.3. The Kier molecular flexibility index (Phi) is 5.97. The average molecular weight is 261 g/mol. The Morgan fingerprint density at radius 2 is 2.47 bits per heavy atom. The molecule has 0 unspecified atom stereocenters. The van der Waals surface area contributed by atoms with Crippen LogP contribution in [0.1, 0.15) is 11.3 Å². The second-order valence-corrected chi connectivity index (χ2v) is 5.13. The van der Waals surface area contributed by atoms with Crippen molar-refractivity contribution >= 4 is 40.6 Å². The van der Waals surface area contributed by atoms with E-state index in [4.69, 9.17) is 12.2 Å². The second-order valence-electron chi connectivity index (χ2n) is 2.98. The Bertz CT molecular complexity index is 311. The number of rotatable bonds is 5. The number of nitrogens with zero attached hydrogens (tertiary/aromatic N) is 1. The second kappa shape index (κ2) is 7.03. The Morgan fingerprint density at radius 1 is 1.67 bits per heavy atom. The molecule has 0 aliphatic carbocycles. The van der Waals surface area contributed by atoms with Crippen LogP contribution in [0.25, 0.3) is 0 Å². The van der Waals surface area contributed by atoms with E-state index in [2.05, 4.69) is 27.3 Å². The van der Waals surface area contributed by atoms with Gasteiger partial charge in [0.2, 0.25) is 0 Å². The highest BCUT2D eigenvalue weighted by atomic mass is 32.2. The van der Waals surface area contributed by atoms with Gasteiger partial charge in [-0.2, -0.15) is 16.1 Å². The van der Waals surface area contributed by atoms with E-state index in [1.807, 2.05) is 18.8 Å². The summed E-state index contributed by atoms with van der Waals surface area (Å²) in [5.41, 5.74) is 2.51. The third-order valence-electron chi connectivity index (χ3n) is 1.87. The van der Waals surface area contributed by atoms with E-state index >= 15 is 0 Å². The van der Waals surface area contributed by atoms with Gasteiger partial charge in [-0.1, -0.05) is 0 Å². The molecular formula is C9H15N3S3.